The first kappa shape index (κ1) is 18.3. The molecule has 2 aromatic carbocycles. The van der Waals surface area contributed by atoms with Crippen LogP contribution in [0, 0.1) is 0 Å². The van der Waals surface area contributed by atoms with E-state index in [1.54, 1.807) is 13.2 Å². The molecule has 0 bridgehead atoms. The molecule has 26 heavy (non-hydrogen) atoms. The van der Waals surface area contributed by atoms with E-state index in [-0.39, 0.29) is 12.0 Å². The van der Waals surface area contributed by atoms with Gasteiger partial charge in [0.1, 0.15) is 17.6 Å². The molecular formula is C21H25NO4. The van der Waals surface area contributed by atoms with Crippen molar-refractivity contribution in [1.29, 1.82) is 0 Å². The number of benzene rings is 2. The maximum Gasteiger partial charge on any atom is 0.251 e. The van der Waals surface area contributed by atoms with E-state index in [1.165, 1.54) is 0 Å². The van der Waals surface area contributed by atoms with Crippen molar-refractivity contribution in [3.8, 4) is 11.5 Å². The van der Waals surface area contributed by atoms with E-state index in [4.69, 9.17) is 14.2 Å². The van der Waals surface area contributed by atoms with Crippen molar-refractivity contribution in [2.24, 2.45) is 0 Å². The fourth-order valence-electron chi connectivity index (χ4n) is 3.16. The van der Waals surface area contributed by atoms with Gasteiger partial charge in [-0.25, -0.2) is 0 Å². The zero-order valence-electron chi connectivity index (χ0n) is 15.5. The number of carbonyl (C=O) groups excluding carboxylic acids is 1. The van der Waals surface area contributed by atoms with Crippen LogP contribution < -0.4 is 14.8 Å². The number of rotatable bonds is 7. The Hall–Kier alpha value is -2.53. The average molecular weight is 355 g/mol. The Bertz CT molecular complexity index is 788. The highest BCUT2D eigenvalue weighted by Gasteiger charge is 2.22. The smallest absolute Gasteiger partial charge is 0.251 e. The largest absolute Gasteiger partial charge is 0.494 e. The summed E-state index contributed by atoms with van der Waals surface area (Å²) < 4.78 is 16.7. The van der Waals surface area contributed by atoms with Gasteiger partial charge in [0.05, 0.1) is 13.2 Å². The van der Waals surface area contributed by atoms with Crippen LogP contribution in [-0.4, -0.2) is 25.7 Å². The van der Waals surface area contributed by atoms with Gasteiger partial charge < -0.3 is 19.5 Å². The highest BCUT2D eigenvalue weighted by Crippen LogP contribution is 2.35. The second-order valence-corrected chi connectivity index (χ2v) is 6.45. The number of hydrogen-bond acceptors (Lipinski definition) is 4. The Balaban J connectivity index is 1.73. The molecule has 1 heterocycles. The molecular weight excluding hydrogens is 330 g/mol. The molecule has 5 nitrogen and oxygen atoms in total. The third-order valence-electron chi connectivity index (χ3n) is 4.32. The van der Waals surface area contributed by atoms with E-state index in [9.17, 15) is 4.79 Å². The van der Waals surface area contributed by atoms with Gasteiger partial charge in [-0.05, 0) is 43.7 Å². The van der Waals surface area contributed by atoms with Crippen LogP contribution in [0.25, 0.3) is 0 Å². The lowest BCUT2D eigenvalue weighted by atomic mass is 10.1. The summed E-state index contributed by atoms with van der Waals surface area (Å²) in [4.78, 5) is 12.5. The van der Waals surface area contributed by atoms with Gasteiger partial charge >= 0.3 is 0 Å². The summed E-state index contributed by atoms with van der Waals surface area (Å²) in [5.41, 5.74) is 3.66. The molecule has 3 rings (SSSR count). The summed E-state index contributed by atoms with van der Waals surface area (Å²) >= 11 is 0. The predicted molar refractivity (Wildman–Crippen MR) is 99.7 cm³/mol. The molecule has 1 aliphatic heterocycles. The zero-order valence-corrected chi connectivity index (χ0v) is 15.5. The average Bonchev–Trinajstić information content (AvgIpc) is 2.99. The Kier molecular flexibility index (Phi) is 5.78. The van der Waals surface area contributed by atoms with Gasteiger partial charge in [0.25, 0.3) is 5.91 Å². The van der Waals surface area contributed by atoms with Crippen LogP contribution in [0.3, 0.4) is 0 Å². The molecule has 5 heteroatoms. The van der Waals surface area contributed by atoms with Crippen molar-refractivity contribution in [2.45, 2.75) is 39.5 Å². The predicted octanol–water partition coefficient (Wildman–Crippen LogP) is 3.49. The molecule has 0 spiro atoms. The molecule has 0 radical (unpaired) electrons. The number of carbonyl (C=O) groups is 1. The fourth-order valence-corrected chi connectivity index (χ4v) is 3.16. The van der Waals surface area contributed by atoms with Crippen molar-refractivity contribution in [3.63, 3.8) is 0 Å². The molecule has 0 aromatic heterocycles. The van der Waals surface area contributed by atoms with E-state index in [2.05, 4.69) is 12.2 Å². The minimum atomic E-state index is -0.125. The summed E-state index contributed by atoms with van der Waals surface area (Å²) in [6.45, 7) is 5.45. The second kappa shape index (κ2) is 8.23. The Labute approximate surface area is 154 Å². The second-order valence-electron chi connectivity index (χ2n) is 6.45. The highest BCUT2D eigenvalue weighted by atomic mass is 16.5. The van der Waals surface area contributed by atoms with Crippen molar-refractivity contribution < 1.29 is 19.0 Å². The Morgan fingerprint density at radius 3 is 2.92 bits per heavy atom. The molecule has 1 atom stereocenters. The monoisotopic (exact) mass is 355 g/mol. The van der Waals surface area contributed by atoms with Crippen molar-refractivity contribution in [1.82, 2.24) is 5.32 Å². The molecule has 1 amide bonds. The maximum absolute atomic E-state index is 12.5. The van der Waals surface area contributed by atoms with Crippen LogP contribution in [0.5, 0.6) is 11.5 Å². The first-order valence-corrected chi connectivity index (χ1v) is 8.92. The van der Waals surface area contributed by atoms with Crippen LogP contribution >= 0.6 is 0 Å². The summed E-state index contributed by atoms with van der Waals surface area (Å²) in [6.07, 6.45) is 1.06. The topological polar surface area (TPSA) is 56.8 Å². The summed E-state index contributed by atoms with van der Waals surface area (Å²) in [5, 5.41) is 2.97. The number of hydrogen-bond donors (Lipinski definition) is 1. The molecule has 2 aromatic rings. The van der Waals surface area contributed by atoms with Gasteiger partial charge in [-0.15, -0.1) is 0 Å². The van der Waals surface area contributed by atoms with E-state index >= 15 is 0 Å². The molecule has 1 unspecified atom stereocenters. The fraction of sp³-hybridized carbons (Fsp3) is 0.381. The molecule has 0 saturated carbocycles. The highest BCUT2D eigenvalue weighted by molar-refractivity contribution is 5.94. The Morgan fingerprint density at radius 2 is 2.15 bits per heavy atom. The SMILES string of the molecule is CCOc1cc2c(cc1CNC(=O)c1cccc(COC)c1)OC(C)C2. The van der Waals surface area contributed by atoms with Gasteiger partial charge in [-0.3, -0.25) is 4.79 Å². The van der Waals surface area contributed by atoms with Crippen LogP contribution in [0.1, 0.15) is 40.9 Å². The molecule has 0 aliphatic carbocycles. The standard InChI is InChI=1S/C21H25NO4/c1-4-25-19-10-17-8-14(2)26-20(17)11-18(19)12-22-21(23)16-7-5-6-15(9-16)13-24-3/h5-7,9-11,14H,4,8,12-13H2,1-3H3,(H,22,23). The number of nitrogens with one attached hydrogen (secondary N) is 1. The van der Waals surface area contributed by atoms with Gasteiger partial charge in [0.2, 0.25) is 0 Å². The quantitative estimate of drug-likeness (QED) is 0.826. The van der Waals surface area contributed by atoms with Crippen LogP contribution in [0.15, 0.2) is 36.4 Å². The molecule has 138 valence electrons. The molecule has 0 fully saturated rings. The number of amides is 1. The third-order valence-corrected chi connectivity index (χ3v) is 4.32. The van der Waals surface area contributed by atoms with Crippen LogP contribution in [0.4, 0.5) is 0 Å². The first-order chi connectivity index (χ1) is 12.6. The van der Waals surface area contributed by atoms with Crippen LogP contribution in [-0.2, 0) is 24.3 Å². The van der Waals surface area contributed by atoms with Crippen molar-refractivity contribution in [3.05, 3.63) is 58.7 Å². The number of fused-ring (bicyclic) bond motifs is 1. The lowest BCUT2D eigenvalue weighted by Gasteiger charge is -2.13. The van der Waals surface area contributed by atoms with Gasteiger partial charge in [0, 0.05) is 36.8 Å². The van der Waals surface area contributed by atoms with Crippen LogP contribution in [0.2, 0.25) is 0 Å². The third kappa shape index (κ3) is 4.17. The van der Waals surface area contributed by atoms with E-state index in [0.29, 0.717) is 25.3 Å². The summed E-state index contributed by atoms with van der Waals surface area (Å²) in [7, 11) is 1.64. The van der Waals surface area contributed by atoms with Gasteiger partial charge in [-0.1, -0.05) is 12.1 Å². The summed E-state index contributed by atoms with van der Waals surface area (Å²) in [6, 6.07) is 11.4. The summed E-state index contributed by atoms with van der Waals surface area (Å²) in [5.74, 6) is 1.56. The van der Waals surface area contributed by atoms with Gasteiger partial charge in [0.15, 0.2) is 0 Å². The normalized spacial score (nSPS) is 15.3. The van der Waals surface area contributed by atoms with Crippen molar-refractivity contribution in [2.75, 3.05) is 13.7 Å². The van der Waals surface area contributed by atoms with E-state index in [0.717, 1.165) is 34.6 Å². The van der Waals surface area contributed by atoms with Gasteiger partial charge in [-0.2, -0.15) is 0 Å². The number of ether oxygens (including phenoxy) is 3. The number of methoxy groups -OCH3 is 1. The lowest BCUT2D eigenvalue weighted by molar-refractivity contribution is 0.0950. The first-order valence-electron chi connectivity index (χ1n) is 8.92. The van der Waals surface area contributed by atoms with Crippen molar-refractivity contribution >= 4 is 5.91 Å². The molecule has 1 aliphatic rings. The van der Waals surface area contributed by atoms with E-state index < -0.39 is 0 Å². The molecule has 0 saturated heterocycles. The zero-order chi connectivity index (χ0) is 18.5. The minimum absolute atomic E-state index is 0.125. The minimum Gasteiger partial charge on any atom is -0.494 e. The Morgan fingerprint density at radius 1 is 1.31 bits per heavy atom. The maximum atomic E-state index is 12.5. The van der Waals surface area contributed by atoms with E-state index in [1.807, 2.05) is 37.3 Å². The lowest BCUT2D eigenvalue weighted by Crippen LogP contribution is -2.23. The molecule has 1 N–H and O–H groups in total.